The van der Waals surface area contributed by atoms with E-state index in [0.717, 1.165) is 17.1 Å². The molecule has 3 aromatic rings. The van der Waals surface area contributed by atoms with Gasteiger partial charge in [0.25, 0.3) is 0 Å². The zero-order valence-electron chi connectivity index (χ0n) is 14.5. The highest BCUT2D eigenvalue weighted by Crippen LogP contribution is 2.09. The van der Waals surface area contributed by atoms with Gasteiger partial charge >= 0.3 is 0 Å². The predicted molar refractivity (Wildman–Crippen MR) is 94.1 cm³/mol. The van der Waals surface area contributed by atoms with Crippen LogP contribution in [0.3, 0.4) is 0 Å². The largest absolute Gasteiger partial charge is 0.349 e. The molecule has 0 fully saturated rings. The van der Waals surface area contributed by atoms with E-state index in [-0.39, 0.29) is 11.9 Å². The summed E-state index contributed by atoms with van der Waals surface area (Å²) in [6.07, 6.45) is 6.50. The molecule has 25 heavy (non-hydrogen) atoms. The molecule has 0 aliphatic carbocycles. The van der Waals surface area contributed by atoms with Crippen LogP contribution in [-0.2, 0) is 17.8 Å². The van der Waals surface area contributed by atoms with Crippen LogP contribution >= 0.6 is 0 Å². The van der Waals surface area contributed by atoms with Gasteiger partial charge in [0.2, 0.25) is 5.91 Å². The molecule has 0 radical (unpaired) electrons. The van der Waals surface area contributed by atoms with Crippen molar-refractivity contribution in [3.63, 3.8) is 0 Å². The number of aromatic nitrogens is 5. The molecule has 0 saturated heterocycles. The minimum Gasteiger partial charge on any atom is -0.349 e. The van der Waals surface area contributed by atoms with Gasteiger partial charge in [-0.05, 0) is 38.0 Å². The van der Waals surface area contributed by atoms with Gasteiger partial charge in [-0.2, -0.15) is 5.10 Å². The van der Waals surface area contributed by atoms with E-state index in [1.807, 2.05) is 45.8 Å². The second-order valence-electron chi connectivity index (χ2n) is 6.15. The zero-order chi connectivity index (χ0) is 17.6. The number of rotatable bonds is 7. The van der Waals surface area contributed by atoms with Crippen molar-refractivity contribution in [2.45, 2.75) is 39.3 Å². The average Bonchev–Trinajstić information content (AvgIpc) is 3.28. The Morgan fingerprint density at radius 2 is 2.04 bits per heavy atom. The van der Waals surface area contributed by atoms with Crippen LogP contribution in [0.25, 0.3) is 5.69 Å². The van der Waals surface area contributed by atoms with E-state index in [0.29, 0.717) is 19.4 Å². The van der Waals surface area contributed by atoms with Gasteiger partial charge in [0.05, 0.1) is 18.4 Å². The second kappa shape index (κ2) is 7.74. The van der Waals surface area contributed by atoms with Crippen LogP contribution in [0, 0.1) is 0 Å². The van der Waals surface area contributed by atoms with E-state index in [4.69, 9.17) is 0 Å². The molecule has 1 amide bonds. The van der Waals surface area contributed by atoms with E-state index in [2.05, 4.69) is 34.5 Å². The first-order valence-electron chi connectivity index (χ1n) is 8.37. The van der Waals surface area contributed by atoms with Gasteiger partial charge < -0.3 is 9.88 Å². The van der Waals surface area contributed by atoms with E-state index in [1.165, 1.54) is 0 Å². The number of aryl methyl sites for hydroxylation is 1. The highest BCUT2D eigenvalue weighted by Gasteiger charge is 2.09. The van der Waals surface area contributed by atoms with Crippen LogP contribution in [0.15, 0.2) is 49.1 Å². The molecule has 0 aliphatic rings. The van der Waals surface area contributed by atoms with Crippen LogP contribution in [0.5, 0.6) is 0 Å². The van der Waals surface area contributed by atoms with Crippen molar-refractivity contribution in [2.24, 2.45) is 0 Å². The highest BCUT2D eigenvalue weighted by atomic mass is 16.1. The summed E-state index contributed by atoms with van der Waals surface area (Å²) in [6.45, 7) is 4.50. The standard InChI is InChI=1S/C18H22N6O/c1-14(2)23-13-20-22-17(23)11-19-18(25)9-8-15-10-21-24(12-15)16-6-4-3-5-7-16/h3-7,10,12-14H,8-9,11H2,1-2H3,(H,19,25). The lowest BCUT2D eigenvalue weighted by Gasteiger charge is -2.10. The van der Waals surface area contributed by atoms with Crippen molar-refractivity contribution in [1.29, 1.82) is 0 Å². The van der Waals surface area contributed by atoms with Gasteiger partial charge in [-0.15, -0.1) is 10.2 Å². The molecule has 130 valence electrons. The average molecular weight is 338 g/mol. The molecule has 7 nitrogen and oxygen atoms in total. The topological polar surface area (TPSA) is 77.6 Å². The van der Waals surface area contributed by atoms with Gasteiger partial charge in [-0.1, -0.05) is 18.2 Å². The maximum absolute atomic E-state index is 12.1. The van der Waals surface area contributed by atoms with Crippen molar-refractivity contribution in [1.82, 2.24) is 29.9 Å². The Bertz CT molecular complexity index is 821. The lowest BCUT2D eigenvalue weighted by molar-refractivity contribution is -0.121. The monoisotopic (exact) mass is 338 g/mol. The SMILES string of the molecule is CC(C)n1cnnc1CNC(=O)CCc1cnn(-c2ccccc2)c1. The van der Waals surface area contributed by atoms with Crippen molar-refractivity contribution in [2.75, 3.05) is 0 Å². The third-order valence-corrected chi connectivity index (χ3v) is 3.94. The third kappa shape index (κ3) is 4.32. The molecule has 0 bridgehead atoms. The Hall–Kier alpha value is -2.96. The number of carbonyl (C=O) groups excluding carboxylic acids is 1. The molecule has 7 heteroatoms. The number of amides is 1. The van der Waals surface area contributed by atoms with Crippen molar-refractivity contribution in [3.05, 3.63) is 60.4 Å². The number of carbonyl (C=O) groups is 1. The minimum atomic E-state index is -0.00855. The van der Waals surface area contributed by atoms with Crippen LogP contribution in [-0.4, -0.2) is 30.5 Å². The summed E-state index contributed by atoms with van der Waals surface area (Å²) in [6, 6.07) is 10.2. The van der Waals surface area contributed by atoms with Gasteiger partial charge in [0, 0.05) is 18.7 Å². The first kappa shape index (κ1) is 16.9. The number of hydrogen-bond acceptors (Lipinski definition) is 4. The van der Waals surface area contributed by atoms with Crippen LogP contribution in [0.2, 0.25) is 0 Å². The van der Waals surface area contributed by atoms with Crippen LogP contribution < -0.4 is 5.32 Å². The van der Waals surface area contributed by atoms with Gasteiger partial charge in [0.15, 0.2) is 5.82 Å². The van der Waals surface area contributed by atoms with E-state index < -0.39 is 0 Å². The van der Waals surface area contributed by atoms with Gasteiger partial charge in [-0.3, -0.25) is 4.79 Å². The lowest BCUT2D eigenvalue weighted by Crippen LogP contribution is -2.25. The maximum atomic E-state index is 12.1. The molecule has 2 aromatic heterocycles. The summed E-state index contributed by atoms with van der Waals surface area (Å²) in [4.78, 5) is 12.1. The Balaban J connectivity index is 1.49. The highest BCUT2D eigenvalue weighted by molar-refractivity contribution is 5.76. The molecule has 0 spiro atoms. The quantitative estimate of drug-likeness (QED) is 0.717. The Kier molecular flexibility index (Phi) is 5.23. The molecule has 1 N–H and O–H groups in total. The van der Waals surface area contributed by atoms with Crippen LogP contribution in [0.1, 0.15) is 37.7 Å². The normalized spacial score (nSPS) is 11.0. The fraction of sp³-hybridized carbons (Fsp3) is 0.333. The molecule has 1 aromatic carbocycles. The molecule has 3 rings (SSSR count). The predicted octanol–water partition coefficient (Wildman–Crippen LogP) is 2.29. The molecule has 0 aliphatic heterocycles. The fourth-order valence-electron chi connectivity index (χ4n) is 2.56. The third-order valence-electron chi connectivity index (χ3n) is 3.94. The Labute approximate surface area is 146 Å². The summed E-state index contributed by atoms with van der Waals surface area (Å²) >= 11 is 0. The summed E-state index contributed by atoms with van der Waals surface area (Å²) in [5.41, 5.74) is 2.04. The Morgan fingerprint density at radius 1 is 1.24 bits per heavy atom. The summed E-state index contributed by atoms with van der Waals surface area (Å²) in [5.74, 6) is 0.756. The van der Waals surface area contributed by atoms with Crippen LogP contribution in [0.4, 0.5) is 0 Å². The maximum Gasteiger partial charge on any atom is 0.220 e. The number of nitrogens with zero attached hydrogens (tertiary/aromatic N) is 5. The number of nitrogens with one attached hydrogen (secondary N) is 1. The minimum absolute atomic E-state index is 0.00855. The van der Waals surface area contributed by atoms with Crippen molar-refractivity contribution in [3.8, 4) is 5.69 Å². The Morgan fingerprint density at radius 3 is 2.80 bits per heavy atom. The molecule has 0 unspecified atom stereocenters. The summed E-state index contributed by atoms with van der Waals surface area (Å²) < 4.78 is 3.77. The first-order chi connectivity index (χ1) is 12.1. The molecule has 0 atom stereocenters. The number of hydrogen-bond donors (Lipinski definition) is 1. The summed E-state index contributed by atoms with van der Waals surface area (Å²) in [7, 11) is 0. The number of para-hydroxylation sites is 1. The van der Waals surface area contributed by atoms with Crippen molar-refractivity contribution >= 4 is 5.91 Å². The molecular weight excluding hydrogens is 316 g/mol. The van der Waals surface area contributed by atoms with E-state index in [9.17, 15) is 4.79 Å². The van der Waals surface area contributed by atoms with E-state index in [1.54, 1.807) is 12.5 Å². The first-order valence-corrected chi connectivity index (χ1v) is 8.37. The van der Waals surface area contributed by atoms with E-state index >= 15 is 0 Å². The summed E-state index contributed by atoms with van der Waals surface area (Å²) in [5, 5.41) is 15.2. The molecule has 2 heterocycles. The zero-order valence-corrected chi connectivity index (χ0v) is 14.5. The molecular formula is C18H22N6O. The fourth-order valence-corrected chi connectivity index (χ4v) is 2.56. The lowest BCUT2D eigenvalue weighted by atomic mass is 10.2. The number of benzene rings is 1. The molecule has 0 saturated carbocycles. The van der Waals surface area contributed by atoms with Gasteiger partial charge in [-0.25, -0.2) is 4.68 Å². The van der Waals surface area contributed by atoms with Gasteiger partial charge in [0.1, 0.15) is 6.33 Å². The second-order valence-corrected chi connectivity index (χ2v) is 6.15. The smallest absolute Gasteiger partial charge is 0.220 e. The van der Waals surface area contributed by atoms with Crippen molar-refractivity contribution < 1.29 is 4.79 Å².